The quantitative estimate of drug-likeness (QED) is 0.645. The Hall–Kier alpha value is -3.61. The number of amides is 4. The zero-order chi connectivity index (χ0) is 19.5. The smallest absolute Gasteiger partial charge is 0.324 e. The van der Waals surface area contributed by atoms with Gasteiger partial charge in [-0.15, -0.1) is 0 Å². The van der Waals surface area contributed by atoms with Gasteiger partial charge in [0.05, 0.1) is 6.54 Å². The minimum absolute atomic E-state index is 0.0120. The van der Waals surface area contributed by atoms with Gasteiger partial charge in [-0.05, 0) is 17.7 Å². The van der Waals surface area contributed by atoms with Crippen molar-refractivity contribution in [3.63, 3.8) is 0 Å². The normalized spacial score (nSPS) is 13.8. The molecular weight excluding hydrogens is 356 g/mol. The summed E-state index contributed by atoms with van der Waals surface area (Å²) >= 11 is 0. The van der Waals surface area contributed by atoms with Crippen LogP contribution in [0.15, 0.2) is 60.7 Å². The van der Waals surface area contributed by atoms with E-state index in [-0.39, 0.29) is 31.4 Å². The molecule has 7 heteroatoms. The predicted molar refractivity (Wildman–Crippen MR) is 105 cm³/mol. The van der Waals surface area contributed by atoms with E-state index in [1.807, 2.05) is 65.2 Å². The molecule has 28 heavy (non-hydrogen) atoms. The SMILES string of the molecule is O=C(NCCN1C(=O)CNC1=O)c1cc2ccccc2n1Cc1ccccc1. The fourth-order valence-electron chi connectivity index (χ4n) is 3.39. The lowest BCUT2D eigenvalue weighted by molar-refractivity contribution is -0.124. The molecular formula is C21H20N4O3. The van der Waals surface area contributed by atoms with Crippen LogP contribution in [0.5, 0.6) is 0 Å². The Morgan fingerprint density at radius 3 is 2.54 bits per heavy atom. The van der Waals surface area contributed by atoms with Crippen molar-refractivity contribution in [3.8, 4) is 0 Å². The molecule has 0 spiro atoms. The number of carbonyl (C=O) groups excluding carboxylic acids is 3. The molecule has 3 aromatic rings. The summed E-state index contributed by atoms with van der Waals surface area (Å²) in [7, 11) is 0. The molecule has 1 fully saturated rings. The summed E-state index contributed by atoms with van der Waals surface area (Å²) in [5.41, 5.74) is 2.62. The van der Waals surface area contributed by atoms with Crippen LogP contribution in [-0.4, -0.2) is 46.9 Å². The van der Waals surface area contributed by atoms with Gasteiger partial charge >= 0.3 is 6.03 Å². The van der Waals surface area contributed by atoms with Gasteiger partial charge in [0.2, 0.25) is 5.91 Å². The van der Waals surface area contributed by atoms with Gasteiger partial charge in [-0.25, -0.2) is 4.79 Å². The molecule has 0 aliphatic carbocycles. The maximum atomic E-state index is 12.8. The average molecular weight is 376 g/mol. The van der Waals surface area contributed by atoms with Gasteiger partial charge in [0, 0.05) is 30.5 Å². The molecule has 2 N–H and O–H groups in total. The van der Waals surface area contributed by atoms with Crippen LogP contribution in [-0.2, 0) is 11.3 Å². The minimum Gasteiger partial charge on any atom is -0.349 e. The second-order valence-electron chi connectivity index (χ2n) is 6.62. The number of nitrogens with one attached hydrogen (secondary N) is 2. The molecule has 2 heterocycles. The number of rotatable bonds is 6. The van der Waals surface area contributed by atoms with Gasteiger partial charge in [0.15, 0.2) is 0 Å². The van der Waals surface area contributed by atoms with E-state index in [2.05, 4.69) is 10.6 Å². The highest BCUT2D eigenvalue weighted by Gasteiger charge is 2.28. The van der Waals surface area contributed by atoms with E-state index < -0.39 is 6.03 Å². The first-order chi connectivity index (χ1) is 13.6. The number of aromatic nitrogens is 1. The molecule has 142 valence electrons. The molecule has 4 amide bonds. The summed E-state index contributed by atoms with van der Waals surface area (Å²) in [6.45, 7) is 0.933. The maximum absolute atomic E-state index is 12.8. The van der Waals surface area contributed by atoms with Crippen molar-refractivity contribution in [2.24, 2.45) is 0 Å². The third kappa shape index (κ3) is 3.46. The summed E-state index contributed by atoms with van der Waals surface area (Å²) in [6.07, 6.45) is 0. The van der Waals surface area contributed by atoms with E-state index in [4.69, 9.17) is 0 Å². The van der Waals surface area contributed by atoms with Crippen molar-refractivity contribution >= 4 is 28.7 Å². The van der Waals surface area contributed by atoms with E-state index in [0.717, 1.165) is 21.4 Å². The zero-order valence-electron chi connectivity index (χ0n) is 15.2. The fraction of sp³-hybridized carbons (Fsp3) is 0.190. The summed E-state index contributed by atoms with van der Waals surface area (Å²) in [6, 6.07) is 19.2. The van der Waals surface area contributed by atoms with Gasteiger partial charge in [-0.1, -0.05) is 48.5 Å². The summed E-state index contributed by atoms with van der Waals surface area (Å²) in [5, 5.41) is 6.27. The number of imide groups is 1. The largest absolute Gasteiger partial charge is 0.349 e. The Morgan fingerprint density at radius 1 is 1.04 bits per heavy atom. The van der Waals surface area contributed by atoms with Crippen LogP contribution in [0.2, 0.25) is 0 Å². The van der Waals surface area contributed by atoms with Gasteiger partial charge in [0.1, 0.15) is 5.69 Å². The summed E-state index contributed by atoms with van der Waals surface area (Å²) in [4.78, 5) is 37.2. The van der Waals surface area contributed by atoms with Crippen LogP contribution >= 0.6 is 0 Å². The Labute approximate surface area is 161 Å². The molecule has 0 unspecified atom stereocenters. The van der Waals surface area contributed by atoms with Crippen molar-refractivity contribution in [2.75, 3.05) is 19.6 Å². The van der Waals surface area contributed by atoms with Crippen LogP contribution in [0.3, 0.4) is 0 Å². The van der Waals surface area contributed by atoms with Crippen molar-refractivity contribution in [2.45, 2.75) is 6.54 Å². The van der Waals surface area contributed by atoms with E-state index in [1.54, 1.807) is 0 Å². The number of benzene rings is 2. The Balaban J connectivity index is 1.53. The molecule has 1 aliphatic rings. The number of hydrogen-bond acceptors (Lipinski definition) is 3. The summed E-state index contributed by atoms with van der Waals surface area (Å²) < 4.78 is 1.98. The summed E-state index contributed by atoms with van der Waals surface area (Å²) in [5.74, 6) is -0.517. The molecule has 0 saturated carbocycles. The molecule has 0 radical (unpaired) electrons. The molecule has 0 bridgehead atoms. The Morgan fingerprint density at radius 2 is 1.79 bits per heavy atom. The van der Waals surface area contributed by atoms with E-state index in [0.29, 0.717) is 12.2 Å². The van der Waals surface area contributed by atoms with Crippen molar-refractivity contribution in [1.82, 2.24) is 20.1 Å². The topological polar surface area (TPSA) is 83.4 Å². The average Bonchev–Trinajstić information content (AvgIpc) is 3.23. The molecule has 1 aliphatic heterocycles. The number of fused-ring (bicyclic) bond motifs is 1. The molecule has 4 rings (SSSR count). The van der Waals surface area contributed by atoms with E-state index in [9.17, 15) is 14.4 Å². The second-order valence-corrected chi connectivity index (χ2v) is 6.62. The van der Waals surface area contributed by atoms with Gasteiger partial charge in [-0.2, -0.15) is 0 Å². The lowest BCUT2D eigenvalue weighted by atomic mass is 10.2. The number of nitrogens with zero attached hydrogens (tertiary/aromatic N) is 2. The number of carbonyl (C=O) groups is 3. The van der Waals surface area contributed by atoms with Crippen LogP contribution in [0.4, 0.5) is 4.79 Å². The van der Waals surface area contributed by atoms with Gasteiger partial charge in [0.25, 0.3) is 5.91 Å². The lowest BCUT2D eigenvalue weighted by Crippen LogP contribution is -2.39. The van der Waals surface area contributed by atoms with E-state index in [1.165, 1.54) is 0 Å². The van der Waals surface area contributed by atoms with Gasteiger partial charge in [-0.3, -0.25) is 14.5 Å². The zero-order valence-corrected chi connectivity index (χ0v) is 15.2. The lowest BCUT2D eigenvalue weighted by Gasteiger charge is -2.14. The fourth-order valence-corrected chi connectivity index (χ4v) is 3.39. The molecule has 1 aromatic heterocycles. The Kier molecular flexibility index (Phi) is 4.80. The van der Waals surface area contributed by atoms with Crippen LogP contribution < -0.4 is 10.6 Å². The third-order valence-electron chi connectivity index (χ3n) is 4.78. The number of urea groups is 1. The predicted octanol–water partition coefficient (Wildman–Crippen LogP) is 1.97. The highest BCUT2D eigenvalue weighted by molar-refractivity contribution is 6.02. The first kappa shape index (κ1) is 17.8. The third-order valence-corrected chi connectivity index (χ3v) is 4.78. The number of hydrogen-bond donors (Lipinski definition) is 2. The van der Waals surface area contributed by atoms with Crippen LogP contribution in [0.25, 0.3) is 10.9 Å². The highest BCUT2D eigenvalue weighted by Crippen LogP contribution is 2.21. The molecule has 2 aromatic carbocycles. The molecule has 0 atom stereocenters. The van der Waals surface area contributed by atoms with E-state index >= 15 is 0 Å². The highest BCUT2D eigenvalue weighted by atomic mass is 16.2. The van der Waals surface area contributed by atoms with Gasteiger partial charge < -0.3 is 15.2 Å². The monoisotopic (exact) mass is 376 g/mol. The number of para-hydroxylation sites is 1. The van der Waals surface area contributed by atoms with Crippen molar-refractivity contribution < 1.29 is 14.4 Å². The minimum atomic E-state index is -0.419. The van der Waals surface area contributed by atoms with Crippen molar-refractivity contribution in [3.05, 3.63) is 71.9 Å². The second kappa shape index (κ2) is 7.56. The first-order valence-corrected chi connectivity index (χ1v) is 9.12. The molecule has 1 saturated heterocycles. The Bertz CT molecular complexity index is 1030. The van der Waals surface area contributed by atoms with Crippen LogP contribution in [0, 0.1) is 0 Å². The maximum Gasteiger partial charge on any atom is 0.324 e. The first-order valence-electron chi connectivity index (χ1n) is 9.12. The molecule has 7 nitrogen and oxygen atoms in total. The van der Waals surface area contributed by atoms with Crippen molar-refractivity contribution in [1.29, 1.82) is 0 Å². The van der Waals surface area contributed by atoms with Crippen LogP contribution in [0.1, 0.15) is 16.1 Å². The standard InChI is InChI=1S/C21H20N4O3/c26-19-13-23-21(28)24(19)11-10-22-20(27)18-12-16-8-4-5-9-17(16)25(18)14-15-6-2-1-3-7-15/h1-9,12H,10-11,13-14H2,(H,22,27)(H,23,28).